The summed E-state index contributed by atoms with van der Waals surface area (Å²) in [4.78, 5) is 11.6. The molecule has 0 bridgehead atoms. The van der Waals surface area contributed by atoms with E-state index in [1.54, 1.807) is 0 Å². The van der Waals surface area contributed by atoms with Gasteiger partial charge in [0, 0.05) is 5.92 Å². The lowest BCUT2D eigenvalue weighted by Crippen LogP contribution is -2.19. The number of carbonyl (C=O) groups is 1. The Hall–Kier alpha value is 0.370. The van der Waals surface area contributed by atoms with E-state index in [1.165, 1.54) is 0 Å². The van der Waals surface area contributed by atoms with Gasteiger partial charge in [0.25, 0.3) is 0 Å². The van der Waals surface area contributed by atoms with E-state index in [0.29, 0.717) is 0 Å². The third-order valence-corrected chi connectivity index (χ3v) is 2.88. The fourth-order valence-electron chi connectivity index (χ4n) is 1.21. The summed E-state index contributed by atoms with van der Waals surface area (Å²) in [7, 11) is 0. The normalized spacial score (nSPS) is 12.9. The summed E-state index contributed by atoms with van der Waals surface area (Å²) in [6.45, 7) is 5.80. The monoisotopic (exact) mass is 310 g/mol. The Morgan fingerprint density at radius 3 is 2.54 bits per heavy atom. The van der Waals surface area contributed by atoms with Gasteiger partial charge in [0.1, 0.15) is 3.74 Å². The van der Waals surface area contributed by atoms with Gasteiger partial charge in [-0.3, -0.25) is 4.79 Å². The predicted octanol–water partition coefficient (Wildman–Crippen LogP) is 4.05. The van der Waals surface area contributed by atoms with Gasteiger partial charge in [-0.2, -0.15) is 0 Å². The minimum absolute atomic E-state index is 0.126. The Morgan fingerprint density at radius 1 is 1.54 bits per heavy atom. The van der Waals surface area contributed by atoms with Gasteiger partial charge in [-0.15, -0.1) is 6.58 Å². The minimum Gasteiger partial charge on any atom is -0.297 e. The first kappa shape index (κ1) is 13.4. The van der Waals surface area contributed by atoms with Crippen LogP contribution >= 0.6 is 31.9 Å². The minimum atomic E-state index is -0.207. The Labute approximate surface area is 97.2 Å². The molecule has 0 heterocycles. The molecule has 0 aromatic heterocycles. The molecule has 0 aromatic carbocycles. The maximum absolute atomic E-state index is 11.6. The van der Waals surface area contributed by atoms with Crippen LogP contribution in [-0.4, -0.2) is 9.52 Å². The van der Waals surface area contributed by atoms with E-state index in [4.69, 9.17) is 0 Å². The molecule has 0 radical (unpaired) electrons. The van der Waals surface area contributed by atoms with Gasteiger partial charge in [0.2, 0.25) is 0 Å². The summed E-state index contributed by atoms with van der Waals surface area (Å²) >= 11 is 6.47. The molecule has 0 aliphatic carbocycles. The third kappa shape index (κ3) is 5.63. The Bertz CT molecular complexity index is 166. The second kappa shape index (κ2) is 7.74. The molecule has 0 aliphatic rings. The smallest absolute Gasteiger partial charge is 0.160 e. The van der Waals surface area contributed by atoms with Crippen molar-refractivity contribution in [1.29, 1.82) is 0 Å². The van der Waals surface area contributed by atoms with Crippen LogP contribution in [0.5, 0.6) is 0 Å². The summed E-state index contributed by atoms with van der Waals surface area (Å²) < 4.78 is -0.207. The van der Waals surface area contributed by atoms with E-state index < -0.39 is 0 Å². The lowest BCUT2D eigenvalue weighted by Gasteiger charge is -2.13. The zero-order valence-electron chi connectivity index (χ0n) is 7.93. The van der Waals surface area contributed by atoms with Crippen LogP contribution in [-0.2, 0) is 4.79 Å². The van der Waals surface area contributed by atoms with E-state index in [-0.39, 0.29) is 15.4 Å². The van der Waals surface area contributed by atoms with Crippen LogP contribution in [0.25, 0.3) is 0 Å². The first-order chi connectivity index (χ1) is 6.13. The largest absolute Gasteiger partial charge is 0.297 e. The fraction of sp³-hybridized carbons (Fsp3) is 0.700. The van der Waals surface area contributed by atoms with Crippen LogP contribution in [0.15, 0.2) is 12.7 Å². The van der Waals surface area contributed by atoms with Crippen LogP contribution in [0.2, 0.25) is 0 Å². The highest BCUT2D eigenvalue weighted by atomic mass is 79.9. The van der Waals surface area contributed by atoms with Gasteiger partial charge in [-0.1, -0.05) is 57.7 Å². The van der Waals surface area contributed by atoms with Crippen molar-refractivity contribution >= 4 is 37.6 Å². The number of carbonyl (C=O) groups excluding carboxylic acids is 1. The highest BCUT2D eigenvalue weighted by Crippen LogP contribution is 2.22. The molecular formula is C10H16Br2O. The Kier molecular flexibility index (Phi) is 7.96. The van der Waals surface area contributed by atoms with Crippen molar-refractivity contribution in [3.8, 4) is 0 Å². The lowest BCUT2D eigenvalue weighted by molar-refractivity contribution is -0.120. The maximum atomic E-state index is 11.6. The van der Waals surface area contributed by atoms with Gasteiger partial charge < -0.3 is 0 Å². The van der Waals surface area contributed by atoms with E-state index in [0.717, 1.165) is 25.7 Å². The number of rotatable bonds is 7. The van der Waals surface area contributed by atoms with Gasteiger partial charge in [0.05, 0.1) is 0 Å². The molecule has 0 aliphatic heterocycles. The molecule has 13 heavy (non-hydrogen) atoms. The van der Waals surface area contributed by atoms with Gasteiger partial charge in [0.15, 0.2) is 5.78 Å². The SMILES string of the molecule is C=CC[C@H](CCCC)C(=O)C(Br)Br. The highest BCUT2D eigenvalue weighted by Gasteiger charge is 2.21. The van der Waals surface area contributed by atoms with Crippen molar-refractivity contribution in [2.75, 3.05) is 0 Å². The van der Waals surface area contributed by atoms with E-state index in [2.05, 4.69) is 45.4 Å². The molecule has 0 rings (SSSR count). The number of alkyl halides is 2. The maximum Gasteiger partial charge on any atom is 0.160 e. The number of allylic oxidation sites excluding steroid dienone is 1. The Morgan fingerprint density at radius 2 is 2.15 bits per heavy atom. The third-order valence-electron chi connectivity index (χ3n) is 1.97. The van der Waals surface area contributed by atoms with Crippen molar-refractivity contribution < 1.29 is 4.79 Å². The number of hydrogen-bond acceptors (Lipinski definition) is 1. The zero-order valence-corrected chi connectivity index (χ0v) is 11.1. The van der Waals surface area contributed by atoms with Gasteiger partial charge in [-0.25, -0.2) is 0 Å². The first-order valence-electron chi connectivity index (χ1n) is 4.56. The summed E-state index contributed by atoms with van der Waals surface area (Å²) in [5.74, 6) is 0.356. The van der Waals surface area contributed by atoms with Crippen molar-refractivity contribution in [3.05, 3.63) is 12.7 Å². The van der Waals surface area contributed by atoms with E-state index in [9.17, 15) is 4.79 Å². The average Bonchev–Trinajstić information content (AvgIpc) is 2.11. The molecule has 0 aromatic rings. The second-order valence-electron chi connectivity index (χ2n) is 3.07. The Balaban J connectivity index is 4.06. The molecule has 0 N–H and O–H groups in total. The molecule has 0 fully saturated rings. The number of Topliss-reactive ketones (excluding diaryl/α,β-unsaturated/α-hetero) is 1. The van der Waals surface area contributed by atoms with Gasteiger partial charge >= 0.3 is 0 Å². The average molecular weight is 312 g/mol. The topological polar surface area (TPSA) is 17.1 Å². The van der Waals surface area contributed by atoms with Gasteiger partial charge in [-0.05, 0) is 12.8 Å². The van der Waals surface area contributed by atoms with Crippen LogP contribution in [0.3, 0.4) is 0 Å². The molecular weight excluding hydrogens is 296 g/mol. The molecule has 0 unspecified atom stereocenters. The summed E-state index contributed by atoms with van der Waals surface area (Å²) in [5.41, 5.74) is 0. The molecule has 1 nitrogen and oxygen atoms in total. The first-order valence-corrected chi connectivity index (χ1v) is 6.39. The molecule has 3 heteroatoms. The molecule has 0 amide bonds. The van der Waals surface area contributed by atoms with Crippen molar-refractivity contribution in [2.45, 2.75) is 36.3 Å². The standard InChI is InChI=1S/C10H16Br2O/c1-3-5-7-8(6-4-2)9(13)10(11)12/h4,8,10H,2-3,5-7H2,1H3/t8-/m1/s1. The van der Waals surface area contributed by atoms with Crippen LogP contribution in [0, 0.1) is 5.92 Å². The second-order valence-corrected chi connectivity index (χ2v) is 6.13. The predicted molar refractivity (Wildman–Crippen MR) is 64.5 cm³/mol. The number of hydrogen-bond donors (Lipinski definition) is 0. The molecule has 0 saturated heterocycles. The molecule has 1 atom stereocenters. The number of unbranched alkanes of at least 4 members (excludes halogenated alkanes) is 1. The molecule has 0 spiro atoms. The van der Waals surface area contributed by atoms with Crippen LogP contribution in [0.1, 0.15) is 32.6 Å². The molecule has 76 valence electrons. The highest BCUT2D eigenvalue weighted by molar-refractivity contribution is 9.25. The summed E-state index contributed by atoms with van der Waals surface area (Å²) in [5, 5.41) is 0. The van der Waals surface area contributed by atoms with E-state index >= 15 is 0 Å². The molecule has 0 saturated carbocycles. The lowest BCUT2D eigenvalue weighted by atomic mass is 9.95. The zero-order chi connectivity index (χ0) is 10.3. The summed E-state index contributed by atoms with van der Waals surface area (Å²) in [6, 6.07) is 0. The van der Waals surface area contributed by atoms with Crippen molar-refractivity contribution in [2.24, 2.45) is 5.92 Å². The quantitative estimate of drug-likeness (QED) is 0.512. The number of halogens is 2. The fourth-order valence-corrected chi connectivity index (χ4v) is 1.95. The van der Waals surface area contributed by atoms with E-state index in [1.807, 2.05) is 6.08 Å². The summed E-state index contributed by atoms with van der Waals surface area (Å²) in [6.07, 6.45) is 5.81. The number of ketones is 1. The van der Waals surface area contributed by atoms with Crippen molar-refractivity contribution in [1.82, 2.24) is 0 Å². The van der Waals surface area contributed by atoms with Crippen LogP contribution in [0.4, 0.5) is 0 Å². The van der Waals surface area contributed by atoms with Crippen molar-refractivity contribution in [3.63, 3.8) is 0 Å². The van der Waals surface area contributed by atoms with Crippen LogP contribution < -0.4 is 0 Å².